The first-order chi connectivity index (χ1) is 14.3. The van der Waals surface area contributed by atoms with E-state index in [1.54, 1.807) is 0 Å². The van der Waals surface area contributed by atoms with Crippen LogP contribution >= 0.6 is 0 Å². The number of aromatic nitrogens is 1. The Bertz CT molecular complexity index is 1160. The van der Waals surface area contributed by atoms with Crippen molar-refractivity contribution in [3.63, 3.8) is 0 Å². The first-order valence-corrected chi connectivity index (χ1v) is 10.1. The fraction of sp³-hybridized carbons (Fsp3) is 0.278. The zero-order valence-electron chi connectivity index (χ0n) is 16.0. The highest BCUT2D eigenvalue weighted by atomic mass is 32.2. The molecule has 31 heavy (non-hydrogen) atoms. The molecule has 0 bridgehead atoms. The number of rotatable bonds is 4. The Morgan fingerprint density at radius 3 is 2.71 bits per heavy atom. The Hall–Kier alpha value is -2.90. The summed E-state index contributed by atoms with van der Waals surface area (Å²) in [6.07, 6.45) is -2.75. The molecular formula is C18H17F4N3O5S. The van der Waals surface area contributed by atoms with Gasteiger partial charge in [-0.05, 0) is 18.2 Å². The van der Waals surface area contributed by atoms with Gasteiger partial charge in [0.2, 0.25) is 10.0 Å². The van der Waals surface area contributed by atoms with Crippen molar-refractivity contribution in [2.45, 2.75) is 16.6 Å². The minimum absolute atomic E-state index is 0.309. The Morgan fingerprint density at radius 1 is 1.45 bits per heavy atom. The van der Waals surface area contributed by atoms with Crippen molar-refractivity contribution in [1.82, 2.24) is 9.29 Å². The second kappa shape index (κ2) is 7.66. The summed E-state index contributed by atoms with van der Waals surface area (Å²) in [6, 6.07) is 1.90. The average Bonchev–Trinajstić information content (AvgIpc) is 2.98. The van der Waals surface area contributed by atoms with Gasteiger partial charge in [0.15, 0.2) is 11.4 Å². The smallest absolute Gasteiger partial charge is 0.419 e. The van der Waals surface area contributed by atoms with Crippen LogP contribution in [0.1, 0.15) is 16.1 Å². The molecule has 2 heterocycles. The lowest BCUT2D eigenvalue weighted by Gasteiger charge is -2.26. The van der Waals surface area contributed by atoms with Gasteiger partial charge in [-0.25, -0.2) is 12.8 Å². The second-order valence-electron chi connectivity index (χ2n) is 6.84. The largest absolute Gasteiger partial charge is 0.487 e. The third-order valence-electron chi connectivity index (χ3n) is 4.62. The van der Waals surface area contributed by atoms with Crippen molar-refractivity contribution >= 4 is 21.6 Å². The van der Waals surface area contributed by atoms with Crippen LogP contribution in [0, 0.1) is 5.82 Å². The summed E-state index contributed by atoms with van der Waals surface area (Å²) in [5.74, 6) is -2.86. The standard InChI is InChI=1S/C18H17F4N3O5S/c1-3-17(8-26)9-30-15-13(31(28,29)24-17)7-25(2)14(15)16(27)23-10-4-5-12(19)11(6-10)18(20,21)22/h3-7,24,26H,1,8-9H2,2H3,(H,23,27)/t17-/m0/s1. The molecule has 168 valence electrons. The lowest BCUT2D eigenvalue weighted by atomic mass is 10.0. The number of anilines is 1. The molecule has 0 radical (unpaired) electrons. The first kappa shape index (κ1) is 22.8. The van der Waals surface area contributed by atoms with Gasteiger partial charge in [0.1, 0.15) is 22.9 Å². The van der Waals surface area contributed by atoms with E-state index in [1.807, 2.05) is 0 Å². The number of aliphatic hydroxyl groups excluding tert-OH is 1. The minimum atomic E-state index is -4.98. The number of carbonyl (C=O) groups is 1. The van der Waals surface area contributed by atoms with Crippen molar-refractivity contribution in [1.29, 1.82) is 0 Å². The molecule has 8 nitrogen and oxygen atoms in total. The minimum Gasteiger partial charge on any atom is -0.487 e. The van der Waals surface area contributed by atoms with Gasteiger partial charge in [-0.3, -0.25) is 4.79 Å². The number of aliphatic hydroxyl groups is 1. The van der Waals surface area contributed by atoms with Crippen molar-refractivity contribution in [3.8, 4) is 5.75 Å². The van der Waals surface area contributed by atoms with Gasteiger partial charge < -0.3 is 19.7 Å². The summed E-state index contributed by atoms with van der Waals surface area (Å²) >= 11 is 0. The number of ether oxygens (including phenoxy) is 1. The predicted molar refractivity (Wildman–Crippen MR) is 101 cm³/mol. The van der Waals surface area contributed by atoms with Crippen LogP contribution in [0.4, 0.5) is 23.2 Å². The van der Waals surface area contributed by atoms with Crippen molar-refractivity contribution < 1.29 is 40.6 Å². The number of carbonyl (C=O) groups excluding carboxylic acids is 1. The quantitative estimate of drug-likeness (QED) is 0.475. The Labute approximate surface area is 174 Å². The van der Waals surface area contributed by atoms with Gasteiger partial charge >= 0.3 is 6.18 Å². The number of benzene rings is 1. The summed E-state index contributed by atoms with van der Waals surface area (Å²) in [5.41, 5.74) is -3.79. The van der Waals surface area contributed by atoms with E-state index in [0.717, 1.165) is 22.9 Å². The van der Waals surface area contributed by atoms with E-state index in [4.69, 9.17) is 4.74 Å². The van der Waals surface area contributed by atoms with Crippen LogP contribution in [0.5, 0.6) is 5.75 Å². The molecule has 3 rings (SSSR count). The molecule has 1 aromatic carbocycles. The van der Waals surface area contributed by atoms with E-state index < -0.39 is 57.1 Å². The number of nitrogens with one attached hydrogen (secondary N) is 2. The van der Waals surface area contributed by atoms with Crippen LogP contribution in [-0.4, -0.2) is 42.8 Å². The average molecular weight is 463 g/mol. The van der Waals surface area contributed by atoms with Gasteiger partial charge in [-0.1, -0.05) is 6.08 Å². The van der Waals surface area contributed by atoms with Gasteiger partial charge in [-0.2, -0.15) is 17.9 Å². The number of nitrogens with zero attached hydrogens (tertiary/aromatic N) is 1. The van der Waals surface area contributed by atoms with Gasteiger partial charge in [0.25, 0.3) is 5.91 Å². The normalized spacial score (nSPS) is 20.3. The topological polar surface area (TPSA) is 110 Å². The number of amides is 1. The van der Waals surface area contributed by atoms with Crippen molar-refractivity contribution in [2.75, 3.05) is 18.5 Å². The van der Waals surface area contributed by atoms with E-state index in [1.165, 1.54) is 7.05 Å². The molecule has 2 aromatic rings. The van der Waals surface area contributed by atoms with Gasteiger partial charge in [0, 0.05) is 18.9 Å². The molecule has 1 atom stereocenters. The van der Waals surface area contributed by atoms with E-state index >= 15 is 0 Å². The Kier molecular flexibility index (Phi) is 5.63. The maximum atomic E-state index is 13.5. The fourth-order valence-electron chi connectivity index (χ4n) is 2.98. The number of halogens is 4. The molecule has 0 aliphatic carbocycles. The number of sulfonamides is 1. The third-order valence-corrected chi connectivity index (χ3v) is 6.17. The van der Waals surface area contributed by atoms with Crippen LogP contribution < -0.4 is 14.8 Å². The second-order valence-corrected chi connectivity index (χ2v) is 8.49. The number of hydrogen-bond donors (Lipinski definition) is 3. The number of fused-ring (bicyclic) bond motifs is 1. The maximum absolute atomic E-state index is 13.5. The molecule has 1 aliphatic rings. The SMILES string of the molecule is C=C[C@]1(CO)COc2c(cn(C)c2C(=O)Nc2ccc(F)c(C(F)(F)F)c2)S(=O)(=O)N1. The summed E-state index contributed by atoms with van der Waals surface area (Å²) in [7, 11) is -2.92. The first-order valence-electron chi connectivity index (χ1n) is 8.62. The number of aryl methyl sites for hydroxylation is 1. The molecule has 1 aliphatic heterocycles. The zero-order chi connectivity index (χ0) is 23.2. The van der Waals surface area contributed by atoms with Crippen LogP contribution in [-0.2, 0) is 23.2 Å². The maximum Gasteiger partial charge on any atom is 0.419 e. The summed E-state index contributed by atoms with van der Waals surface area (Å²) in [4.78, 5) is 12.4. The molecule has 0 fully saturated rings. The van der Waals surface area contributed by atoms with Crippen LogP contribution in [0.3, 0.4) is 0 Å². The predicted octanol–water partition coefficient (Wildman–Crippen LogP) is 2.02. The molecule has 0 unspecified atom stereocenters. The highest BCUT2D eigenvalue weighted by Gasteiger charge is 2.41. The van der Waals surface area contributed by atoms with E-state index in [9.17, 15) is 35.9 Å². The molecular weight excluding hydrogens is 446 g/mol. The summed E-state index contributed by atoms with van der Waals surface area (Å²) in [5, 5.41) is 11.8. The molecule has 0 saturated carbocycles. The van der Waals surface area contributed by atoms with Crippen LogP contribution in [0.2, 0.25) is 0 Å². The molecule has 1 amide bonds. The molecule has 1 aromatic heterocycles. The molecule has 0 spiro atoms. The third kappa shape index (κ3) is 4.16. The molecule has 3 N–H and O–H groups in total. The number of alkyl halides is 3. The zero-order valence-corrected chi connectivity index (χ0v) is 16.8. The Morgan fingerprint density at radius 2 is 2.13 bits per heavy atom. The Balaban J connectivity index is 2.01. The van der Waals surface area contributed by atoms with Gasteiger partial charge in [-0.15, -0.1) is 6.58 Å². The van der Waals surface area contributed by atoms with Crippen LogP contribution in [0.15, 0.2) is 41.9 Å². The molecule has 13 heteroatoms. The number of hydrogen-bond acceptors (Lipinski definition) is 5. The van der Waals surface area contributed by atoms with Gasteiger partial charge in [0.05, 0.1) is 12.2 Å². The van der Waals surface area contributed by atoms with Crippen molar-refractivity contribution in [2.24, 2.45) is 7.05 Å². The lowest BCUT2D eigenvalue weighted by molar-refractivity contribution is -0.139. The van der Waals surface area contributed by atoms with E-state index in [0.29, 0.717) is 12.1 Å². The highest BCUT2D eigenvalue weighted by molar-refractivity contribution is 7.89. The fourth-order valence-corrected chi connectivity index (χ4v) is 4.53. The van der Waals surface area contributed by atoms with Crippen molar-refractivity contribution in [3.05, 3.63) is 54.1 Å². The summed E-state index contributed by atoms with van der Waals surface area (Å²) < 4.78 is 86.5. The lowest BCUT2D eigenvalue weighted by Crippen LogP contribution is -2.52. The van der Waals surface area contributed by atoms with Crippen LogP contribution in [0.25, 0.3) is 0 Å². The van der Waals surface area contributed by atoms with E-state index in [-0.39, 0.29) is 17.1 Å². The molecule has 0 saturated heterocycles. The van der Waals surface area contributed by atoms with E-state index in [2.05, 4.69) is 16.6 Å². The summed E-state index contributed by atoms with van der Waals surface area (Å²) in [6.45, 7) is 2.39. The monoisotopic (exact) mass is 463 g/mol. The highest BCUT2D eigenvalue weighted by Crippen LogP contribution is 2.36.